The van der Waals surface area contributed by atoms with E-state index in [1.54, 1.807) is 37.3 Å². The second kappa shape index (κ2) is 7.44. The third-order valence-corrected chi connectivity index (χ3v) is 9.17. The summed E-state index contributed by atoms with van der Waals surface area (Å²) in [5, 5.41) is 0.301. The molecule has 0 saturated carbocycles. The van der Waals surface area contributed by atoms with Crippen LogP contribution in [0.4, 0.5) is 0 Å². The zero-order valence-corrected chi connectivity index (χ0v) is 18.4. The Bertz CT molecular complexity index is 1110. The van der Waals surface area contributed by atoms with Gasteiger partial charge in [-0.3, -0.25) is 0 Å². The van der Waals surface area contributed by atoms with Crippen LogP contribution in [-0.2, 0) is 24.4 Å². The van der Waals surface area contributed by atoms with Gasteiger partial charge in [0.2, 0.25) is 0 Å². The SMILES string of the molecule is Cc1cccc(S(=O)(=O)C2(C)CCOC(c3ccc(Cl)cc3S(C)(=O)=O)C2)c1. The molecule has 0 amide bonds. The van der Waals surface area contributed by atoms with Crippen molar-refractivity contribution in [2.45, 2.75) is 47.3 Å². The second-order valence-electron chi connectivity index (χ2n) is 7.54. The third-order valence-electron chi connectivity index (χ3n) is 5.24. The molecule has 2 aromatic rings. The highest BCUT2D eigenvalue weighted by Gasteiger charge is 2.45. The fourth-order valence-electron chi connectivity index (χ4n) is 3.58. The van der Waals surface area contributed by atoms with Gasteiger partial charge in [0.05, 0.1) is 20.6 Å². The van der Waals surface area contributed by atoms with Gasteiger partial charge in [0.15, 0.2) is 19.7 Å². The molecule has 2 atom stereocenters. The van der Waals surface area contributed by atoms with E-state index < -0.39 is 30.5 Å². The molecule has 1 aliphatic heterocycles. The van der Waals surface area contributed by atoms with E-state index in [9.17, 15) is 16.8 Å². The van der Waals surface area contributed by atoms with Crippen molar-refractivity contribution in [1.29, 1.82) is 0 Å². The molecule has 2 unspecified atom stereocenters. The minimum absolute atomic E-state index is 0.0715. The van der Waals surface area contributed by atoms with Gasteiger partial charge in [-0.05, 0) is 62.1 Å². The Hall–Kier alpha value is -1.41. The number of benzene rings is 2. The average Bonchev–Trinajstić information content (AvgIpc) is 2.61. The minimum Gasteiger partial charge on any atom is -0.373 e. The highest BCUT2D eigenvalue weighted by molar-refractivity contribution is 7.92. The summed E-state index contributed by atoms with van der Waals surface area (Å²) in [5.41, 5.74) is 1.31. The summed E-state index contributed by atoms with van der Waals surface area (Å²) in [4.78, 5) is 0.345. The zero-order chi connectivity index (χ0) is 20.7. The van der Waals surface area contributed by atoms with Crippen LogP contribution >= 0.6 is 11.6 Å². The van der Waals surface area contributed by atoms with Crippen molar-refractivity contribution in [3.05, 3.63) is 58.6 Å². The Balaban J connectivity index is 2.04. The first-order valence-electron chi connectivity index (χ1n) is 8.86. The number of halogens is 1. The number of aryl methyl sites for hydroxylation is 1. The molecule has 1 fully saturated rings. The topological polar surface area (TPSA) is 77.5 Å². The van der Waals surface area contributed by atoms with Crippen molar-refractivity contribution in [3.63, 3.8) is 0 Å². The van der Waals surface area contributed by atoms with Crippen LogP contribution in [0.3, 0.4) is 0 Å². The monoisotopic (exact) mass is 442 g/mol. The minimum atomic E-state index is -3.64. The Labute approximate surface area is 171 Å². The van der Waals surface area contributed by atoms with E-state index in [-0.39, 0.29) is 22.8 Å². The molecule has 0 aliphatic carbocycles. The molecular formula is C20H23ClO5S2. The van der Waals surface area contributed by atoms with E-state index in [4.69, 9.17) is 16.3 Å². The first kappa shape index (κ1) is 21.3. The maximum Gasteiger partial charge on any atom is 0.184 e. The summed E-state index contributed by atoms with van der Waals surface area (Å²) in [6.07, 6.45) is 0.947. The molecule has 28 heavy (non-hydrogen) atoms. The molecule has 8 heteroatoms. The maximum absolute atomic E-state index is 13.4. The summed E-state index contributed by atoms with van der Waals surface area (Å²) in [5.74, 6) is 0. The van der Waals surface area contributed by atoms with Crippen molar-refractivity contribution in [1.82, 2.24) is 0 Å². The van der Waals surface area contributed by atoms with Crippen molar-refractivity contribution in [2.24, 2.45) is 0 Å². The zero-order valence-electron chi connectivity index (χ0n) is 16.0. The summed E-state index contributed by atoms with van der Waals surface area (Å²) in [6, 6.07) is 11.4. The number of sulfone groups is 2. The summed E-state index contributed by atoms with van der Waals surface area (Å²) in [6.45, 7) is 3.77. The molecule has 5 nitrogen and oxygen atoms in total. The molecule has 1 heterocycles. The Morgan fingerprint density at radius 1 is 1.11 bits per heavy atom. The summed E-state index contributed by atoms with van der Waals surface area (Å²) < 4.78 is 56.0. The van der Waals surface area contributed by atoms with Gasteiger partial charge in [-0.25, -0.2) is 16.8 Å². The molecule has 1 saturated heterocycles. The van der Waals surface area contributed by atoms with Gasteiger partial charge in [-0.15, -0.1) is 0 Å². The van der Waals surface area contributed by atoms with E-state index in [1.807, 2.05) is 13.0 Å². The molecule has 3 rings (SSSR count). The summed E-state index contributed by atoms with van der Waals surface area (Å²) >= 11 is 5.98. The van der Waals surface area contributed by atoms with Crippen LogP contribution < -0.4 is 0 Å². The van der Waals surface area contributed by atoms with Crippen molar-refractivity contribution in [3.8, 4) is 0 Å². The molecular weight excluding hydrogens is 420 g/mol. The van der Waals surface area contributed by atoms with E-state index in [1.165, 1.54) is 6.07 Å². The van der Waals surface area contributed by atoms with E-state index in [2.05, 4.69) is 0 Å². The van der Waals surface area contributed by atoms with E-state index in [0.717, 1.165) is 11.8 Å². The maximum atomic E-state index is 13.4. The van der Waals surface area contributed by atoms with Crippen LogP contribution in [0.2, 0.25) is 5.02 Å². The van der Waals surface area contributed by atoms with Crippen LogP contribution in [0.5, 0.6) is 0 Å². The van der Waals surface area contributed by atoms with Crippen LogP contribution in [0, 0.1) is 6.92 Å². The third kappa shape index (κ3) is 3.99. The first-order chi connectivity index (χ1) is 12.9. The van der Waals surface area contributed by atoms with Gasteiger partial charge in [-0.2, -0.15) is 0 Å². The van der Waals surface area contributed by atoms with Crippen LogP contribution in [0.25, 0.3) is 0 Å². The van der Waals surface area contributed by atoms with Crippen LogP contribution in [-0.4, -0.2) is 34.4 Å². The molecule has 152 valence electrons. The lowest BCUT2D eigenvalue weighted by atomic mass is 9.92. The van der Waals surface area contributed by atoms with Crippen molar-refractivity contribution in [2.75, 3.05) is 12.9 Å². The molecule has 0 aromatic heterocycles. The smallest absolute Gasteiger partial charge is 0.184 e. The Morgan fingerprint density at radius 2 is 1.82 bits per heavy atom. The van der Waals surface area contributed by atoms with Gasteiger partial charge in [0.25, 0.3) is 0 Å². The molecule has 0 N–H and O–H groups in total. The average molecular weight is 443 g/mol. The fourth-order valence-corrected chi connectivity index (χ4v) is 6.67. The summed E-state index contributed by atoms with van der Waals surface area (Å²) in [7, 11) is -7.19. The van der Waals surface area contributed by atoms with E-state index >= 15 is 0 Å². The highest BCUT2D eigenvalue weighted by Crippen LogP contribution is 2.43. The second-order valence-corrected chi connectivity index (χ2v) is 12.4. The van der Waals surface area contributed by atoms with Gasteiger partial charge in [0.1, 0.15) is 0 Å². The quantitative estimate of drug-likeness (QED) is 0.711. The van der Waals surface area contributed by atoms with Gasteiger partial charge in [0, 0.05) is 17.9 Å². The van der Waals surface area contributed by atoms with Gasteiger partial charge >= 0.3 is 0 Å². The number of ether oxygens (including phenoxy) is 1. The lowest BCUT2D eigenvalue weighted by molar-refractivity contribution is -0.00127. The highest BCUT2D eigenvalue weighted by atomic mass is 35.5. The molecule has 0 bridgehead atoms. The molecule has 2 aromatic carbocycles. The largest absolute Gasteiger partial charge is 0.373 e. The molecule has 0 spiro atoms. The number of hydrogen-bond acceptors (Lipinski definition) is 5. The van der Waals surface area contributed by atoms with E-state index in [0.29, 0.717) is 17.0 Å². The lowest BCUT2D eigenvalue weighted by Crippen LogP contribution is -2.42. The van der Waals surface area contributed by atoms with Crippen molar-refractivity contribution >= 4 is 31.3 Å². The van der Waals surface area contributed by atoms with Crippen LogP contribution in [0.1, 0.15) is 37.0 Å². The Morgan fingerprint density at radius 3 is 2.46 bits per heavy atom. The lowest BCUT2D eigenvalue weighted by Gasteiger charge is -2.38. The number of hydrogen-bond donors (Lipinski definition) is 0. The van der Waals surface area contributed by atoms with Gasteiger partial charge in [-0.1, -0.05) is 29.8 Å². The van der Waals surface area contributed by atoms with Crippen LogP contribution in [0.15, 0.2) is 52.3 Å². The van der Waals surface area contributed by atoms with Gasteiger partial charge < -0.3 is 4.74 Å². The normalized spacial score (nSPS) is 23.5. The number of rotatable bonds is 4. The molecule has 0 radical (unpaired) electrons. The first-order valence-corrected chi connectivity index (χ1v) is 12.6. The Kier molecular flexibility index (Phi) is 5.66. The fraction of sp³-hybridized carbons (Fsp3) is 0.400. The predicted molar refractivity (Wildman–Crippen MR) is 109 cm³/mol. The molecule has 1 aliphatic rings. The predicted octanol–water partition coefficient (Wildman–Crippen LogP) is 4.14. The standard InChI is InChI=1S/C20H23ClO5S2/c1-14-5-4-6-16(11-14)28(24,25)20(2)9-10-26-18(13-20)17-8-7-15(21)12-19(17)27(3,22)23/h4-8,11-12,18H,9-10,13H2,1-3H3. The van der Waals surface area contributed by atoms with Crippen molar-refractivity contribution < 1.29 is 21.6 Å².